The number of hydrogen-bond donors (Lipinski definition) is 1. The number of anilines is 1. The highest BCUT2D eigenvalue weighted by atomic mass is 19.4. The highest BCUT2D eigenvalue weighted by molar-refractivity contribution is 6.23. The van der Waals surface area contributed by atoms with Crippen LogP contribution in [0.15, 0.2) is 18.2 Å². The van der Waals surface area contributed by atoms with E-state index < -0.39 is 35.0 Å². The third-order valence-corrected chi connectivity index (χ3v) is 4.13. The Morgan fingerprint density at radius 2 is 1.77 bits per heavy atom. The molecule has 22 heavy (non-hydrogen) atoms. The minimum atomic E-state index is -4.90. The van der Waals surface area contributed by atoms with Crippen molar-refractivity contribution >= 4 is 17.6 Å². The Bertz CT molecular complexity index is 651. The summed E-state index contributed by atoms with van der Waals surface area (Å²) in [7, 11) is 0. The highest BCUT2D eigenvalue weighted by Gasteiger charge is 2.53. The molecule has 0 aromatic heterocycles. The van der Waals surface area contributed by atoms with E-state index in [1.807, 2.05) is 0 Å². The first-order valence-corrected chi connectivity index (χ1v) is 6.78. The molecule has 0 unspecified atom stereocenters. The number of carbonyl (C=O) groups excluding carboxylic acids is 2. The van der Waals surface area contributed by atoms with E-state index in [9.17, 15) is 27.2 Å². The van der Waals surface area contributed by atoms with Crippen LogP contribution in [0.4, 0.5) is 28.0 Å². The molecule has 118 valence electrons. The van der Waals surface area contributed by atoms with Gasteiger partial charge in [0.25, 0.3) is 5.91 Å². The number of halogens is 4. The van der Waals surface area contributed by atoms with Gasteiger partial charge in [-0.25, -0.2) is 14.1 Å². The second kappa shape index (κ2) is 4.69. The molecule has 1 aromatic rings. The van der Waals surface area contributed by atoms with Gasteiger partial charge in [-0.05, 0) is 31.0 Å². The van der Waals surface area contributed by atoms with E-state index in [-0.39, 0.29) is 5.69 Å². The third kappa shape index (κ3) is 2.13. The number of benzene rings is 1. The minimum Gasteiger partial charge on any atom is -0.323 e. The van der Waals surface area contributed by atoms with Crippen molar-refractivity contribution in [2.75, 3.05) is 4.90 Å². The van der Waals surface area contributed by atoms with Crippen LogP contribution in [0, 0.1) is 5.82 Å². The van der Waals surface area contributed by atoms with Crippen molar-refractivity contribution in [3.05, 3.63) is 29.6 Å². The van der Waals surface area contributed by atoms with Crippen LogP contribution in [-0.2, 0) is 11.0 Å². The molecule has 1 saturated heterocycles. The quantitative estimate of drug-likeness (QED) is 0.639. The van der Waals surface area contributed by atoms with Gasteiger partial charge in [-0.15, -0.1) is 0 Å². The summed E-state index contributed by atoms with van der Waals surface area (Å²) in [6, 6.07) is 1.32. The van der Waals surface area contributed by atoms with Crippen molar-refractivity contribution in [1.82, 2.24) is 5.32 Å². The summed E-state index contributed by atoms with van der Waals surface area (Å²) < 4.78 is 51.6. The summed E-state index contributed by atoms with van der Waals surface area (Å²) in [5.41, 5.74) is -2.80. The fourth-order valence-electron chi connectivity index (χ4n) is 3.04. The first-order chi connectivity index (χ1) is 10.2. The summed E-state index contributed by atoms with van der Waals surface area (Å²) in [5.74, 6) is -2.02. The predicted octanol–water partition coefficient (Wildman–Crippen LogP) is 3.21. The molecule has 1 aromatic carbocycles. The van der Waals surface area contributed by atoms with Crippen molar-refractivity contribution in [1.29, 1.82) is 0 Å². The van der Waals surface area contributed by atoms with Gasteiger partial charge in [-0.1, -0.05) is 12.8 Å². The van der Waals surface area contributed by atoms with Crippen LogP contribution in [0.25, 0.3) is 0 Å². The van der Waals surface area contributed by atoms with Crippen molar-refractivity contribution < 1.29 is 27.2 Å². The van der Waals surface area contributed by atoms with Gasteiger partial charge >= 0.3 is 12.2 Å². The maximum atomic E-state index is 13.3. The zero-order valence-electron chi connectivity index (χ0n) is 11.3. The Labute approximate surface area is 123 Å². The lowest BCUT2D eigenvalue weighted by molar-refractivity contribution is -0.140. The molecule has 1 N–H and O–H groups in total. The molecular weight excluding hydrogens is 304 g/mol. The number of nitrogens with one attached hydrogen (secondary N) is 1. The smallest absolute Gasteiger partial charge is 0.323 e. The van der Waals surface area contributed by atoms with Gasteiger partial charge in [0.1, 0.15) is 11.4 Å². The number of amides is 3. The lowest BCUT2D eigenvalue weighted by Gasteiger charge is -2.20. The molecule has 2 aliphatic rings. The number of nitrogens with zero attached hydrogens (tertiary/aromatic N) is 1. The minimum absolute atomic E-state index is 0.278. The molecule has 0 radical (unpaired) electrons. The third-order valence-electron chi connectivity index (χ3n) is 4.13. The van der Waals surface area contributed by atoms with Crippen molar-refractivity contribution in [2.24, 2.45) is 0 Å². The zero-order chi connectivity index (χ0) is 16.1. The average molecular weight is 316 g/mol. The Kier molecular flexibility index (Phi) is 3.15. The largest absolute Gasteiger partial charge is 0.419 e. The molecule has 1 heterocycles. The monoisotopic (exact) mass is 316 g/mol. The van der Waals surface area contributed by atoms with Gasteiger partial charge in [0.05, 0.1) is 11.3 Å². The first-order valence-electron chi connectivity index (χ1n) is 6.78. The van der Waals surface area contributed by atoms with Gasteiger partial charge in [-0.2, -0.15) is 13.2 Å². The Hall–Kier alpha value is -2.12. The molecular formula is C14H12F4N2O2. The fraction of sp³-hybridized carbons (Fsp3) is 0.429. The van der Waals surface area contributed by atoms with Gasteiger partial charge in [0.15, 0.2) is 0 Å². The van der Waals surface area contributed by atoms with Crippen LogP contribution in [0.1, 0.15) is 31.2 Å². The molecule has 3 amide bonds. The Balaban J connectivity index is 2.01. The van der Waals surface area contributed by atoms with Crippen molar-refractivity contribution in [3.8, 4) is 0 Å². The van der Waals surface area contributed by atoms with E-state index in [0.29, 0.717) is 29.9 Å². The lowest BCUT2D eigenvalue weighted by atomic mass is 9.98. The van der Waals surface area contributed by atoms with Crippen molar-refractivity contribution in [2.45, 2.75) is 37.4 Å². The van der Waals surface area contributed by atoms with Crippen LogP contribution >= 0.6 is 0 Å². The highest BCUT2D eigenvalue weighted by Crippen LogP contribution is 2.39. The van der Waals surface area contributed by atoms with E-state index in [4.69, 9.17) is 0 Å². The molecule has 2 fully saturated rings. The average Bonchev–Trinajstić information content (AvgIpc) is 2.97. The Morgan fingerprint density at radius 3 is 2.36 bits per heavy atom. The molecule has 1 spiro atoms. The number of imide groups is 1. The molecule has 4 nitrogen and oxygen atoms in total. The number of carbonyl (C=O) groups is 2. The first kappa shape index (κ1) is 14.8. The SMILES string of the molecule is O=C1NC2(CCCC2)C(=O)N1c1ccc(F)c(C(F)(F)F)c1. The number of urea groups is 1. The summed E-state index contributed by atoms with van der Waals surface area (Å²) in [6.07, 6.45) is -2.46. The van der Waals surface area contributed by atoms with E-state index >= 15 is 0 Å². The Morgan fingerprint density at radius 1 is 1.14 bits per heavy atom. The van der Waals surface area contributed by atoms with E-state index in [2.05, 4.69) is 5.32 Å². The van der Waals surface area contributed by atoms with Gasteiger partial charge in [-0.3, -0.25) is 4.79 Å². The topological polar surface area (TPSA) is 49.4 Å². The summed E-state index contributed by atoms with van der Waals surface area (Å²) >= 11 is 0. The van der Waals surface area contributed by atoms with E-state index in [1.54, 1.807) is 0 Å². The maximum absolute atomic E-state index is 13.3. The number of alkyl halides is 3. The maximum Gasteiger partial charge on any atom is 0.419 e. The molecule has 3 rings (SSSR count). The summed E-state index contributed by atoms with van der Waals surface area (Å²) in [4.78, 5) is 25.1. The van der Waals surface area contributed by atoms with E-state index in [0.717, 1.165) is 18.9 Å². The molecule has 0 atom stereocenters. The van der Waals surface area contributed by atoms with E-state index in [1.165, 1.54) is 0 Å². The number of hydrogen-bond acceptors (Lipinski definition) is 2. The lowest BCUT2D eigenvalue weighted by Crippen LogP contribution is -2.44. The number of rotatable bonds is 1. The van der Waals surface area contributed by atoms with Crippen LogP contribution in [0.3, 0.4) is 0 Å². The van der Waals surface area contributed by atoms with Crippen LogP contribution in [0.2, 0.25) is 0 Å². The van der Waals surface area contributed by atoms with Crippen LogP contribution in [-0.4, -0.2) is 17.5 Å². The zero-order valence-corrected chi connectivity index (χ0v) is 11.3. The van der Waals surface area contributed by atoms with Crippen LogP contribution < -0.4 is 10.2 Å². The van der Waals surface area contributed by atoms with Gasteiger partial charge in [0.2, 0.25) is 0 Å². The van der Waals surface area contributed by atoms with Crippen LogP contribution in [0.5, 0.6) is 0 Å². The summed E-state index contributed by atoms with van der Waals surface area (Å²) in [6.45, 7) is 0. The fourth-order valence-corrected chi connectivity index (χ4v) is 3.04. The standard InChI is InChI=1S/C14H12F4N2O2/c15-10-4-3-8(7-9(10)14(16,17)18)20-11(21)13(19-12(20)22)5-1-2-6-13/h3-4,7H,1-2,5-6H2,(H,19,22). The molecule has 8 heteroatoms. The van der Waals surface area contributed by atoms with Crippen molar-refractivity contribution in [3.63, 3.8) is 0 Å². The molecule has 1 saturated carbocycles. The normalized spacial score (nSPS) is 20.8. The predicted molar refractivity (Wildman–Crippen MR) is 68.6 cm³/mol. The molecule has 0 bridgehead atoms. The van der Waals surface area contributed by atoms with Gasteiger partial charge < -0.3 is 5.32 Å². The molecule has 1 aliphatic heterocycles. The van der Waals surface area contributed by atoms with Gasteiger partial charge in [0, 0.05) is 0 Å². The summed E-state index contributed by atoms with van der Waals surface area (Å²) in [5, 5.41) is 2.56. The molecule has 1 aliphatic carbocycles. The second-order valence-electron chi connectivity index (χ2n) is 5.52. The second-order valence-corrected chi connectivity index (χ2v) is 5.52.